The normalized spacial score (nSPS) is 10.3. The summed E-state index contributed by atoms with van der Waals surface area (Å²) in [6.45, 7) is 2.01. The minimum atomic E-state index is -0.310. The van der Waals surface area contributed by atoms with Gasteiger partial charge in [0.05, 0.1) is 15.6 Å². The molecule has 0 aliphatic rings. The SMILES string of the molecule is Cc1ccc(NC(=O)c2c(Cl)cccc2Cl)cc1I. The Morgan fingerprint density at radius 3 is 2.37 bits per heavy atom. The number of hydrogen-bond donors (Lipinski definition) is 1. The summed E-state index contributed by atoms with van der Waals surface area (Å²) in [7, 11) is 0. The van der Waals surface area contributed by atoms with E-state index < -0.39 is 0 Å². The average Bonchev–Trinajstić information content (AvgIpc) is 2.33. The summed E-state index contributed by atoms with van der Waals surface area (Å²) in [4.78, 5) is 12.2. The van der Waals surface area contributed by atoms with E-state index in [1.54, 1.807) is 18.2 Å². The summed E-state index contributed by atoms with van der Waals surface area (Å²) in [5, 5.41) is 3.47. The van der Waals surface area contributed by atoms with Gasteiger partial charge in [0.2, 0.25) is 0 Å². The molecule has 0 heterocycles. The number of hydrogen-bond acceptors (Lipinski definition) is 1. The molecule has 1 amide bonds. The maximum absolute atomic E-state index is 12.2. The molecule has 0 aliphatic carbocycles. The van der Waals surface area contributed by atoms with Crippen molar-refractivity contribution in [3.63, 3.8) is 0 Å². The van der Waals surface area contributed by atoms with Gasteiger partial charge in [0.25, 0.3) is 5.91 Å². The molecular weight excluding hydrogens is 396 g/mol. The Morgan fingerprint density at radius 2 is 1.79 bits per heavy atom. The van der Waals surface area contributed by atoms with Crippen molar-refractivity contribution in [1.29, 1.82) is 0 Å². The Balaban J connectivity index is 2.28. The molecule has 2 aromatic rings. The maximum Gasteiger partial charge on any atom is 0.258 e. The van der Waals surface area contributed by atoms with Crippen molar-refractivity contribution in [2.75, 3.05) is 5.32 Å². The van der Waals surface area contributed by atoms with Crippen LogP contribution in [0.3, 0.4) is 0 Å². The second-order valence-electron chi connectivity index (χ2n) is 4.01. The Hall–Kier alpha value is -0.780. The molecule has 98 valence electrons. The number of amides is 1. The van der Waals surface area contributed by atoms with Crippen molar-refractivity contribution in [3.8, 4) is 0 Å². The molecule has 0 saturated carbocycles. The van der Waals surface area contributed by atoms with Crippen molar-refractivity contribution in [2.45, 2.75) is 6.92 Å². The van der Waals surface area contributed by atoms with E-state index in [4.69, 9.17) is 23.2 Å². The van der Waals surface area contributed by atoms with E-state index in [2.05, 4.69) is 27.9 Å². The summed E-state index contributed by atoms with van der Waals surface area (Å²) in [6, 6.07) is 10.7. The minimum Gasteiger partial charge on any atom is -0.322 e. The Morgan fingerprint density at radius 1 is 1.16 bits per heavy atom. The molecule has 0 aliphatic heterocycles. The monoisotopic (exact) mass is 405 g/mol. The highest BCUT2D eigenvalue weighted by Crippen LogP contribution is 2.25. The molecule has 0 fully saturated rings. The van der Waals surface area contributed by atoms with Gasteiger partial charge >= 0.3 is 0 Å². The molecule has 0 aromatic heterocycles. The summed E-state index contributed by atoms with van der Waals surface area (Å²) in [5.41, 5.74) is 2.17. The van der Waals surface area contributed by atoms with Gasteiger partial charge in [-0.15, -0.1) is 0 Å². The lowest BCUT2D eigenvalue weighted by molar-refractivity contribution is 0.102. The Kier molecular flexibility index (Phi) is 4.71. The molecule has 2 nitrogen and oxygen atoms in total. The van der Waals surface area contributed by atoms with Crippen LogP contribution >= 0.6 is 45.8 Å². The molecule has 5 heteroatoms. The van der Waals surface area contributed by atoms with Crippen LogP contribution in [-0.4, -0.2) is 5.91 Å². The molecule has 0 radical (unpaired) electrons. The summed E-state index contributed by atoms with van der Waals surface area (Å²) in [6.07, 6.45) is 0. The summed E-state index contributed by atoms with van der Waals surface area (Å²) >= 11 is 14.2. The number of benzene rings is 2. The number of carbonyl (C=O) groups is 1. The first-order valence-corrected chi connectivity index (χ1v) is 7.34. The Labute approximate surface area is 135 Å². The lowest BCUT2D eigenvalue weighted by atomic mass is 10.2. The number of nitrogens with one attached hydrogen (secondary N) is 1. The van der Waals surface area contributed by atoms with E-state index in [1.807, 2.05) is 25.1 Å². The van der Waals surface area contributed by atoms with Crippen LogP contribution in [0.4, 0.5) is 5.69 Å². The Bertz CT molecular complexity index is 623. The minimum absolute atomic E-state index is 0.293. The van der Waals surface area contributed by atoms with E-state index in [9.17, 15) is 4.79 Å². The predicted octanol–water partition coefficient (Wildman–Crippen LogP) is 5.16. The number of anilines is 1. The first-order valence-electron chi connectivity index (χ1n) is 5.50. The fourth-order valence-corrected chi connectivity index (χ4v) is 2.66. The van der Waals surface area contributed by atoms with Gasteiger partial charge < -0.3 is 5.32 Å². The van der Waals surface area contributed by atoms with Gasteiger partial charge in [-0.2, -0.15) is 0 Å². The van der Waals surface area contributed by atoms with Gasteiger partial charge in [0.15, 0.2) is 0 Å². The lowest BCUT2D eigenvalue weighted by Gasteiger charge is -2.09. The van der Waals surface area contributed by atoms with E-state index in [0.717, 1.165) is 14.8 Å². The number of rotatable bonds is 2. The first-order chi connectivity index (χ1) is 8.99. The van der Waals surface area contributed by atoms with Gasteiger partial charge in [-0.05, 0) is 59.3 Å². The largest absolute Gasteiger partial charge is 0.322 e. The van der Waals surface area contributed by atoms with Crippen LogP contribution in [-0.2, 0) is 0 Å². The molecule has 2 aromatic carbocycles. The van der Waals surface area contributed by atoms with Gasteiger partial charge in [0, 0.05) is 9.26 Å². The van der Waals surface area contributed by atoms with E-state index >= 15 is 0 Å². The highest BCUT2D eigenvalue weighted by Gasteiger charge is 2.14. The van der Waals surface area contributed by atoms with Gasteiger partial charge in [0.1, 0.15) is 0 Å². The van der Waals surface area contributed by atoms with Crippen LogP contribution in [0, 0.1) is 10.5 Å². The van der Waals surface area contributed by atoms with Crippen LogP contribution in [0.5, 0.6) is 0 Å². The van der Waals surface area contributed by atoms with Crippen molar-refractivity contribution in [1.82, 2.24) is 0 Å². The number of halogens is 3. The third kappa shape index (κ3) is 3.41. The molecule has 0 bridgehead atoms. The standard InChI is InChI=1S/C14H10Cl2INO/c1-8-5-6-9(7-12(8)17)18-14(19)13-10(15)3-2-4-11(13)16/h2-7H,1H3,(H,18,19). The predicted molar refractivity (Wildman–Crippen MR) is 88.3 cm³/mol. The van der Waals surface area contributed by atoms with Crippen LogP contribution < -0.4 is 5.32 Å². The molecule has 0 spiro atoms. The second-order valence-corrected chi connectivity index (χ2v) is 5.99. The number of carbonyl (C=O) groups excluding carboxylic acids is 1. The smallest absolute Gasteiger partial charge is 0.258 e. The molecule has 2 rings (SSSR count). The van der Waals surface area contributed by atoms with Gasteiger partial charge in [-0.1, -0.05) is 35.3 Å². The number of aryl methyl sites for hydroxylation is 1. The maximum atomic E-state index is 12.2. The van der Waals surface area contributed by atoms with Crippen molar-refractivity contribution >= 4 is 57.4 Å². The average molecular weight is 406 g/mol. The van der Waals surface area contributed by atoms with E-state index in [1.165, 1.54) is 0 Å². The fourth-order valence-electron chi connectivity index (χ4n) is 1.58. The quantitative estimate of drug-likeness (QED) is 0.687. The zero-order valence-corrected chi connectivity index (χ0v) is 13.7. The van der Waals surface area contributed by atoms with Gasteiger partial charge in [-0.3, -0.25) is 4.79 Å². The highest BCUT2D eigenvalue weighted by atomic mass is 127. The molecule has 0 unspecified atom stereocenters. The van der Waals surface area contributed by atoms with Crippen LogP contribution in [0.15, 0.2) is 36.4 Å². The molecular formula is C14H10Cl2INO. The van der Waals surface area contributed by atoms with Crippen LogP contribution in [0.2, 0.25) is 10.0 Å². The van der Waals surface area contributed by atoms with Crippen molar-refractivity contribution < 1.29 is 4.79 Å². The lowest BCUT2D eigenvalue weighted by Crippen LogP contribution is -2.13. The second kappa shape index (κ2) is 6.11. The van der Waals surface area contributed by atoms with E-state index in [-0.39, 0.29) is 5.91 Å². The third-order valence-corrected chi connectivity index (χ3v) is 4.41. The van der Waals surface area contributed by atoms with Gasteiger partial charge in [-0.25, -0.2) is 0 Å². The van der Waals surface area contributed by atoms with Crippen LogP contribution in [0.25, 0.3) is 0 Å². The molecule has 1 N–H and O–H groups in total. The summed E-state index contributed by atoms with van der Waals surface area (Å²) < 4.78 is 1.08. The zero-order chi connectivity index (χ0) is 14.0. The summed E-state index contributed by atoms with van der Waals surface area (Å²) in [5.74, 6) is -0.310. The van der Waals surface area contributed by atoms with Crippen molar-refractivity contribution in [2.24, 2.45) is 0 Å². The first kappa shape index (κ1) is 14.6. The molecule has 19 heavy (non-hydrogen) atoms. The topological polar surface area (TPSA) is 29.1 Å². The third-order valence-electron chi connectivity index (χ3n) is 2.62. The fraction of sp³-hybridized carbons (Fsp3) is 0.0714. The van der Waals surface area contributed by atoms with Crippen molar-refractivity contribution in [3.05, 3.63) is 61.1 Å². The van der Waals surface area contributed by atoms with Crippen LogP contribution in [0.1, 0.15) is 15.9 Å². The molecule has 0 saturated heterocycles. The van der Waals surface area contributed by atoms with E-state index in [0.29, 0.717) is 15.6 Å². The molecule has 0 atom stereocenters. The highest BCUT2D eigenvalue weighted by molar-refractivity contribution is 14.1. The zero-order valence-electron chi connectivity index (χ0n) is 10.0.